The monoisotopic (exact) mass is 614 g/mol. The molecule has 2 fully saturated rings. The van der Waals surface area contributed by atoms with E-state index in [1.165, 1.54) is 17.0 Å². The van der Waals surface area contributed by atoms with Crippen LogP contribution in [0.4, 0.5) is 35.5 Å². The molecule has 2 aromatic carbocycles. The molecule has 224 valence electrons. The third-order valence-corrected chi connectivity index (χ3v) is 8.33. The van der Waals surface area contributed by atoms with Crippen molar-refractivity contribution in [2.45, 2.75) is 57.4 Å². The normalized spacial score (nSPS) is 21.9. The van der Waals surface area contributed by atoms with Gasteiger partial charge < -0.3 is 0 Å². The van der Waals surface area contributed by atoms with Gasteiger partial charge in [-0.2, -0.15) is 31.4 Å². The van der Waals surface area contributed by atoms with E-state index in [9.17, 15) is 40.3 Å². The molecule has 5 rings (SSSR count). The number of benzene rings is 2. The second-order valence-corrected chi connectivity index (χ2v) is 11.5. The maximum absolute atomic E-state index is 15.0. The molecule has 3 aromatic rings. The van der Waals surface area contributed by atoms with E-state index in [1.54, 1.807) is 18.2 Å². The number of hydrogen-bond acceptors (Lipinski definition) is 5. The van der Waals surface area contributed by atoms with Crippen molar-refractivity contribution in [3.05, 3.63) is 69.8 Å². The minimum absolute atomic E-state index is 0.0882. The van der Waals surface area contributed by atoms with E-state index in [2.05, 4.69) is 5.10 Å². The third kappa shape index (κ3) is 5.91. The molecule has 0 aliphatic carbocycles. The van der Waals surface area contributed by atoms with Crippen LogP contribution in [-0.4, -0.2) is 62.1 Å². The molecule has 1 aromatic heterocycles. The summed E-state index contributed by atoms with van der Waals surface area (Å²) in [7, 11) is 0. The molecule has 2 saturated heterocycles. The Kier molecular flexibility index (Phi) is 7.90. The molecule has 42 heavy (non-hydrogen) atoms. The minimum atomic E-state index is -5.01. The number of carbonyl (C=O) groups is 2. The average Bonchev–Trinajstić information content (AvgIpc) is 3.42. The Morgan fingerprint density at radius 1 is 1.05 bits per heavy atom. The summed E-state index contributed by atoms with van der Waals surface area (Å²) in [5, 5.41) is 4.05. The lowest BCUT2D eigenvalue weighted by molar-refractivity contribution is -0.143. The summed E-state index contributed by atoms with van der Waals surface area (Å²) in [6.07, 6.45) is -8.13. The molecule has 2 aliphatic rings. The molecule has 0 spiro atoms. The van der Waals surface area contributed by atoms with E-state index in [0.29, 0.717) is 47.3 Å². The number of aromatic nitrogens is 2. The fourth-order valence-corrected chi connectivity index (χ4v) is 6.12. The van der Waals surface area contributed by atoms with Crippen LogP contribution in [0.3, 0.4) is 0 Å². The molecule has 0 radical (unpaired) electrons. The summed E-state index contributed by atoms with van der Waals surface area (Å²) >= 11 is 0.709. The van der Waals surface area contributed by atoms with E-state index in [-0.39, 0.29) is 29.1 Å². The summed E-state index contributed by atoms with van der Waals surface area (Å²) in [6, 6.07) is 5.50. The summed E-state index contributed by atoms with van der Waals surface area (Å²) < 4.78 is 96.1. The minimum Gasteiger partial charge on any atom is -0.298 e. The van der Waals surface area contributed by atoms with Gasteiger partial charge in [-0.25, -0.2) is 4.39 Å². The Hall–Kier alpha value is -3.39. The molecule has 2 aliphatic heterocycles. The lowest BCUT2D eigenvalue weighted by atomic mass is 10.00. The van der Waals surface area contributed by atoms with E-state index in [0.717, 1.165) is 11.0 Å². The average molecular weight is 615 g/mol. The van der Waals surface area contributed by atoms with Crippen molar-refractivity contribution in [1.29, 1.82) is 0 Å². The van der Waals surface area contributed by atoms with E-state index >= 15 is 0 Å². The zero-order chi connectivity index (χ0) is 30.6. The summed E-state index contributed by atoms with van der Waals surface area (Å²) in [4.78, 5) is 28.9. The van der Waals surface area contributed by atoms with E-state index in [1.807, 2.05) is 18.7 Å². The van der Waals surface area contributed by atoms with Crippen LogP contribution in [0.2, 0.25) is 0 Å². The standard InChI is InChI=1S/C28H25F7N4O2S/c1-15(2)37-8-7-23(21(29)14-37)39-25(40)24(42-26(39)41)10-16-3-6-22-18(9-16)12-36-38(22)13-17-4-5-19(27(30,31)32)11-20(17)28(33,34)35/h3-6,9-12,15,21,23H,7-8,13-14H2,1-2H3/b24-10-/t21-,23-/m1/s1. The summed E-state index contributed by atoms with van der Waals surface area (Å²) in [6.45, 7) is 4.15. The second-order valence-electron chi connectivity index (χ2n) is 10.5. The second kappa shape index (κ2) is 11.0. The van der Waals surface area contributed by atoms with Crippen molar-refractivity contribution in [2.75, 3.05) is 13.1 Å². The number of alkyl halides is 7. The van der Waals surface area contributed by atoms with Crippen molar-refractivity contribution < 1.29 is 40.3 Å². The fraction of sp³-hybridized carbons (Fsp3) is 0.393. The Morgan fingerprint density at radius 3 is 2.43 bits per heavy atom. The highest BCUT2D eigenvalue weighted by molar-refractivity contribution is 8.18. The Balaban J connectivity index is 1.37. The van der Waals surface area contributed by atoms with Crippen molar-refractivity contribution in [2.24, 2.45) is 0 Å². The van der Waals surface area contributed by atoms with Crippen LogP contribution in [0.15, 0.2) is 47.5 Å². The first-order chi connectivity index (χ1) is 19.6. The van der Waals surface area contributed by atoms with E-state index < -0.39 is 53.4 Å². The van der Waals surface area contributed by atoms with Crippen LogP contribution in [0.1, 0.15) is 42.5 Å². The van der Waals surface area contributed by atoms with Gasteiger partial charge in [0.15, 0.2) is 0 Å². The number of fused-ring (bicyclic) bond motifs is 1. The fourth-order valence-electron chi connectivity index (χ4n) is 5.23. The number of amides is 2. The van der Waals surface area contributed by atoms with Crippen LogP contribution in [0.25, 0.3) is 17.0 Å². The molecule has 0 bridgehead atoms. The van der Waals surface area contributed by atoms with Crippen LogP contribution in [0, 0.1) is 0 Å². The zero-order valence-electron chi connectivity index (χ0n) is 22.3. The van der Waals surface area contributed by atoms with E-state index in [4.69, 9.17) is 0 Å². The number of hydrogen-bond donors (Lipinski definition) is 0. The van der Waals surface area contributed by atoms with Crippen LogP contribution >= 0.6 is 11.8 Å². The highest BCUT2D eigenvalue weighted by atomic mass is 32.2. The summed E-state index contributed by atoms with van der Waals surface area (Å²) in [5.41, 5.74) is -2.28. The van der Waals surface area contributed by atoms with Crippen molar-refractivity contribution in [3.8, 4) is 0 Å². The SMILES string of the molecule is CC(C)N1CC[C@@H](N2C(=O)S/C(=C\c3ccc4c(cnn4Cc4ccc(C(F)(F)F)cc4C(F)(F)F)c3)C2=O)[C@H](F)C1. The number of likely N-dealkylation sites (tertiary alicyclic amines) is 1. The molecule has 0 unspecified atom stereocenters. The largest absolute Gasteiger partial charge is 0.416 e. The maximum atomic E-state index is 15.0. The number of thioether (sulfide) groups is 1. The third-order valence-electron chi connectivity index (χ3n) is 7.45. The van der Waals surface area contributed by atoms with Gasteiger partial charge in [-0.15, -0.1) is 0 Å². The van der Waals surface area contributed by atoms with Gasteiger partial charge in [0.2, 0.25) is 0 Å². The zero-order valence-corrected chi connectivity index (χ0v) is 23.2. The van der Waals surface area contributed by atoms with Crippen molar-refractivity contribution in [3.63, 3.8) is 0 Å². The first-order valence-corrected chi connectivity index (χ1v) is 13.8. The molecule has 6 nitrogen and oxygen atoms in total. The van der Waals surface area contributed by atoms with Gasteiger partial charge in [-0.05, 0) is 73.5 Å². The molecular formula is C28H25F7N4O2S. The lowest BCUT2D eigenvalue weighted by Gasteiger charge is -2.39. The Labute approximate surface area is 240 Å². The Bertz CT molecular complexity index is 1560. The number of piperidine rings is 1. The molecule has 14 heteroatoms. The first kappa shape index (κ1) is 30.1. The van der Waals surface area contributed by atoms with Crippen molar-refractivity contribution >= 4 is 39.9 Å². The molecule has 2 atom stereocenters. The number of carbonyl (C=O) groups excluding carboxylic acids is 2. The number of halogens is 7. The predicted octanol–water partition coefficient (Wildman–Crippen LogP) is 6.98. The molecule has 3 heterocycles. The van der Waals surface area contributed by atoms with Crippen LogP contribution in [0.5, 0.6) is 0 Å². The molecule has 2 amide bonds. The number of imide groups is 1. The quantitative estimate of drug-likeness (QED) is 0.229. The topological polar surface area (TPSA) is 58.4 Å². The number of rotatable bonds is 5. The smallest absolute Gasteiger partial charge is 0.298 e. The summed E-state index contributed by atoms with van der Waals surface area (Å²) in [5.74, 6) is -0.589. The van der Waals surface area contributed by atoms with Gasteiger partial charge in [-0.3, -0.25) is 24.1 Å². The predicted molar refractivity (Wildman–Crippen MR) is 143 cm³/mol. The van der Waals surface area contributed by atoms with Gasteiger partial charge in [0.05, 0.1) is 40.3 Å². The Morgan fingerprint density at radius 2 is 1.79 bits per heavy atom. The van der Waals surface area contributed by atoms with Crippen molar-refractivity contribution in [1.82, 2.24) is 19.6 Å². The van der Waals surface area contributed by atoms with Gasteiger partial charge in [0, 0.05) is 24.5 Å². The van der Waals surface area contributed by atoms with Gasteiger partial charge >= 0.3 is 12.4 Å². The van der Waals surface area contributed by atoms with Gasteiger partial charge in [0.1, 0.15) is 6.17 Å². The lowest BCUT2D eigenvalue weighted by Crippen LogP contribution is -2.55. The molecule has 0 N–H and O–H groups in total. The highest BCUT2D eigenvalue weighted by Crippen LogP contribution is 2.39. The molecule has 0 saturated carbocycles. The first-order valence-electron chi connectivity index (χ1n) is 13.0. The number of nitrogens with zero attached hydrogens (tertiary/aromatic N) is 4. The van der Waals surface area contributed by atoms with Crippen LogP contribution < -0.4 is 0 Å². The van der Waals surface area contributed by atoms with Gasteiger partial charge in [-0.1, -0.05) is 12.1 Å². The van der Waals surface area contributed by atoms with Gasteiger partial charge in [0.25, 0.3) is 11.1 Å². The maximum Gasteiger partial charge on any atom is 0.416 e. The van der Waals surface area contributed by atoms with Crippen LogP contribution in [-0.2, 0) is 23.7 Å². The molecular weight excluding hydrogens is 589 g/mol. The highest BCUT2D eigenvalue weighted by Gasteiger charge is 2.45.